The van der Waals surface area contributed by atoms with Crippen molar-refractivity contribution in [1.82, 2.24) is 5.32 Å². The molecule has 0 aliphatic rings. The molecule has 0 saturated heterocycles. The van der Waals surface area contributed by atoms with Crippen molar-refractivity contribution in [3.63, 3.8) is 0 Å². The summed E-state index contributed by atoms with van der Waals surface area (Å²) in [7, 11) is 0. The second kappa shape index (κ2) is 6.36. The van der Waals surface area contributed by atoms with E-state index in [1.807, 2.05) is 13.8 Å². The third-order valence-corrected chi connectivity index (χ3v) is 2.81. The summed E-state index contributed by atoms with van der Waals surface area (Å²) in [5, 5.41) is 12.2. The molecule has 0 spiro atoms. The lowest BCUT2D eigenvalue weighted by molar-refractivity contribution is 0.267. The highest BCUT2D eigenvalue weighted by Crippen LogP contribution is 2.19. The van der Waals surface area contributed by atoms with Crippen molar-refractivity contribution in [3.8, 4) is 11.8 Å². The van der Waals surface area contributed by atoms with E-state index in [2.05, 4.69) is 11.4 Å². The average Bonchev–Trinajstić information content (AvgIpc) is 2.32. The zero-order valence-electron chi connectivity index (χ0n) is 11.1. The molecule has 0 aliphatic heterocycles. The van der Waals surface area contributed by atoms with Crippen molar-refractivity contribution in [3.05, 3.63) is 29.6 Å². The van der Waals surface area contributed by atoms with Gasteiger partial charge in [0.1, 0.15) is 17.1 Å². The van der Waals surface area contributed by atoms with E-state index in [1.165, 1.54) is 12.1 Å². The monoisotopic (exact) mass is 250 g/mol. The van der Waals surface area contributed by atoms with Gasteiger partial charge in [-0.25, -0.2) is 4.39 Å². The third kappa shape index (κ3) is 4.01. The number of hydrogen-bond donors (Lipinski definition) is 1. The van der Waals surface area contributed by atoms with Crippen LogP contribution >= 0.6 is 0 Å². The van der Waals surface area contributed by atoms with E-state index in [1.54, 1.807) is 13.0 Å². The summed E-state index contributed by atoms with van der Waals surface area (Å²) in [5.74, 6) is 0.391. The number of benzene rings is 1. The standard InChI is InChI=1S/C14H19FN2O/c1-4-17-14(3,10-16)7-8-18-13-6-5-12(15)9-11(13)2/h5-6,9,17H,4,7-8H2,1-3H3. The Morgan fingerprint density at radius 3 is 2.78 bits per heavy atom. The molecule has 1 atom stereocenters. The van der Waals surface area contributed by atoms with E-state index in [-0.39, 0.29) is 5.82 Å². The molecular weight excluding hydrogens is 231 g/mol. The lowest BCUT2D eigenvalue weighted by Crippen LogP contribution is -2.42. The molecule has 0 radical (unpaired) electrons. The van der Waals surface area contributed by atoms with E-state index < -0.39 is 5.54 Å². The van der Waals surface area contributed by atoms with E-state index >= 15 is 0 Å². The summed E-state index contributed by atoms with van der Waals surface area (Å²) in [6.07, 6.45) is 0.578. The van der Waals surface area contributed by atoms with Gasteiger partial charge in [0, 0.05) is 6.42 Å². The van der Waals surface area contributed by atoms with Crippen molar-refractivity contribution in [2.24, 2.45) is 0 Å². The summed E-state index contributed by atoms with van der Waals surface area (Å²) < 4.78 is 18.5. The predicted molar refractivity (Wildman–Crippen MR) is 68.9 cm³/mol. The minimum absolute atomic E-state index is 0.269. The number of rotatable bonds is 6. The summed E-state index contributed by atoms with van der Waals surface area (Å²) in [6.45, 7) is 6.76. The normalized spacial score (nSPS) is 13.7. The summed E-state index contributed by atoms with van der Waals surface area (Å²) in [5.41, 5.74) is 0.181. The molecule has 1 aromatic rings. The minimum Gasteiger partial charge on any atom is -0.493 e. The van der Waals surface area contributed by atoms with Crippen LogP contribution in [-0.4, -0.2) is 18.7 Å². The molecule has 0 fully saturated rings. The zero-order valence-corrected chi connectivity index (χ0v) is 11.1. The molecule has 0 amide bonds. The first-order valence-corrected chi connectivity index (χ1v) is 6.06. The molecule has 0 heterocycles. The number of hydrogen-bond acceptors (Lipinski definition) is 3. The van der Waals surface area contributed by atoms with Gasteiger partial charge >= 0.3 is 0 Å². The molecule has 4 heteroatoms. The van der Waals surface area contributed by atoms with E-state index in [0.29, 0.717) is 18.8 Å². The van der Waals surface area contributed by atoms with Gasteiger partial charge in [0.05, 0.1) is 12.7 Å². The second-order valence-electron chi connectivity index (χ2n) is 4.48. The molecule has 18 heavy (non-hydrogen) atoms. The van der Waals surface area contributed by atoms with Gasteiger partial charge in [-0.15, -0.1) is 0 Å². The van der Waals surface area contributed by atoms with E-state index in [4.69, 9.17) is 10.00 Å². The average molecular weight is 250 g/mol. The van der Waals surface area contributed by atoms with Gasteiger partial charge < -0.3 is 4.74 Å². The number of ether oxygens (including phenoxy) is 1. The molecule has 1 aromatic carbocycles. The molecule has 1 N–H and O–H groups in total. The van der Waals surface area contributed by atoms with Crippen molar-refractivity contribution in [2.75, 3.05) is 13.2 Å². The Morgan fingerprint density at radius 1 is 1.50 bits per heavy atom. The zero-order chi connectivity index (χ0) is 13.6. The highest BCUT2D eigenvalue weighted by molar-refractivity contribution is 5.32. The van der Waals surface area contributed by atoms with Crippen LogP contribution in [0.2, 0.25) is 0 Å². The van der Waals surface area contributed by atoms with Gasteiger partial charge in [-0.05, 0) is 44.2 Å². The number of aryl methyl sites for hydroxylation is 1. The molecular formula is C14H19FN2O. The number of halogens is 1. The Hall–Kier alpha value is -1.60. The van der Waals surface area contributed by atoms with Crippen LogP contribution in [-0.2, 0) is 0 Å². The summed E-state index contributed by atoms with van der Waals surface area (Å²) >= 11 is 0. The first kappa shape index (κ1) is 14.5. The Morgan fingerprint density at radius 2 is 2.22 bits per heavy atom. The topological polar surface area (TPSA) is 45.0 Å². The first-order valence-electron chi connectivity index (χ1n) is 6.06. The van der Waals surface area contributed by atoms with Gasteiger partial charge in [0.15, 0.2) is 0 Å². The highest BCUT2D eigenvalue weighted by Gasteiger charge is 2.22. The van der Waals surface area contributed by atoms with Crippen LogP contribution in [0.3, 0.4) is 0 Å². The van der Waals surface area contributed by atoms with E-state index in [9.17, 15) is 4.39 Å². The summed E-state index contributed by atoms with van der Waals surface area (Å²) in [4.78, 5) is 0. The highest BCUT2D eigenvalue weighted by atomic mass is 19.1. The molecule has 0 saturated carbocycles. The van der Waals surface area contributed by atoms with Crippen molar-refractivity contribution in [2.45, 2.75) is 32.7 Å². The fraction of sp³-hybridized carbons (Fsp3) is 0.500. The molecule has 0 aromatic heterocycles. The molecule has 0 aliphatic carbocycles. The van der Waals surface area contributed by atoms with Crippen molar-refractivity contribution in [1.29, 1.82) is 5.26 Å². The van der Waals surface area contributed by atoms with Crippen molar-refractivity contribution >= 4 is 0 Å². The Kier molecular flexibility index (Phi) is 5.11. The lowest BCUT2D eigenvalue weighted by Gasteiger charge is -2.22. The molecule has 1 rings (SSSR count). The maximum absolute atomic E-state index is 12.9. The fourth-order valence-corrected chi connectivity index (χ4v) is 1.71. The van der Waals surface area contributed by atoms with Crippen LogP contribution in [0.4, 0.5) is 4.39 Å². The number of nitriles is 1. The SMILES string of the molecule is CCNC(C)(C#N)CCOc1ccc(F)cc1C. The number of nitrogens with one attached hydrogen (secondary N) is 1. The van der Waals surface area contributed by atoms with Gasteiger partial charge in [0.25, 0.3) is 0 Å². The molecule has 0 bridgehead atoms. The van der Waals surface area contributed by atoms with Gasteiger partial charge in [-0.3, -0.25) is 5.32 Å². The van der Waals surface area contributed by atoms with Crippen LogP contribution in [0.15, 0.2) is 18.2 Å². The Balaban J connectivity index is 2.53. The quantitative estimate of drug-likeness (QED) is 0.844. The third-order valence-electron chi connectivity index (χ3n) is 2.81. The maximum atomic E-state index is 12.9. The molecule has 98 valence electrons. The maximum Gasteiger partial charge on any atom is 0.123 e. The number of nitrogens with zero attached hydrogens (tertiary/aromatic N) is 1. The van der Waals surface area contributed by atoms with Gasteiger partial charge in [-0.1, -0.05) is 6.92 Å². The van der Waals surface area contributed by atoms with Crippen LogP contribution in [0, 0.1) is 24.1 Å². The van der Waals surface area contributed by atoms with Crippen LogP contribution in [0.25, 0.3) is 0 Å². The van der Waals surface area contributed by atoms with Crippen LogP contribution in [0.5, 0.6) is 5.75 Å². The predicted octanol–water partition coefficient (Wildman–Crippen LogP) is 2.79. The van der Waals surface area contributed by atoms with Gasteiger partial charge in [0.2, 0.25) is 0 Å². The van der Waals surface area contributed by atoms with Gasteiger partial charge in [-0.2, -0.15) is 5.26 Å². The largest absolute Gasteiger partial charge is 0.493 e. The minimum atomic E-state index is -0.581. The van der Waals surface area contributed by atoms with E-state index in [0.717, 1.165) is 12.1 Å². The van der Waals surface area contributed by atoms with Crippen LogP contribution < -0.4 is 10.1 Å². The molecule has 3 nitrogen and oxygen atoms in total. The lowest BCUT2D eigenvalue weighted by atomic mass is 10.0. The second-order valence-corrected chi connectivity index (χ2v) is 4.48. The smallest absolute Gasteiger partial charge is 0.123 e. The first-order chi connectivity index (χ1) is 8.50. The van der Waals surface area contributed by atoms with Crippen molar-refractivity contribution < 1.29 is 9.13 Å². The Bertz CT molecular complexity index is 442. The van der Waals surface area contributed by atoms with Crippen LogP contribution in [0.1, 0.15) is 25.8 Å². The fourth-order valence-electron chi connectivity index (χ4n) is 1.71. The summed E-state index contributed by atoms with van der Waals surface area (Å²) in [6, 6.07) is 6.66. The molecule has 1 unspecified atom stereocenters. The Labute approximate surface area is 108 Å².